The number of aromatic nitrogens is 1. The number of carbonyl (C=O) groups is 1. The van der Waals surface area contributed by atoms with E-state index in [1.165, 1.54) is 0 Å². The van der Waals surface area contributed by atoms with Crippen molar-refractivity contribution in [2.24, 2.45) is 5.92 Å². The SMILES string of the molecule is O=C(NCC1CCC(O)C1)c1ccc(-n2cccc2)cc1. The first-order chi connectivity index (χ1) is 10.2. The summed E-state index contributed by atoms with van der Waals surface area (Å²) in [5.74, 6) is 0.360. The Bertz CT molecular complexity index is 590. The van der Waals surface area contributed by atoms with Crippen LogP contribution in [0.3, 0.4) is 0 Å². The van der Waals surface area contributed by atoms with Gasteiger partial charge in [0.15, 0.2) is 0 Å². The van der Waals surface area contributed by atoms with Crippen LogP contribution in [0.4, 0.5) is 0 Å². The van der Waals surface area contributed by atoms with Crippen LogP contribution in [0.15, 0.2) is 48.8 Å². The third-order valence-electron chi connectivity index (χ3n) is 4.10. The van der Waals surface area contributed by atoms with Gasteiger partial charge in [-0.05, 0) is 61.6 Å². The van der Waals surface area contributed by atoms with Crippen LogP contribution in [-0.2, 0) is 0 Å². The maximum absolute atomic E-state index is 12.1. The van der Waals surface area contributed by atoms with Crippen LogP contribution in [0.25, 0.3) is 5.69 Å². The second-order valence-corrected chi connectivity index (χ2v) is 5.68. The van der Waals surface area contributed by atoms with E-state index in [0.29, 0.717) is 18.0 Å². The molecule has 1 aromatic heterocycles. The number of carbonyl (C=O) groups excluding carboxylic acids is 1. The molecule has 0 aliphatic heterocycles. The molecule has 2 unspecified atom stereocenters. The fourth-order valence-electron chi connectivity index (χ4n) is 2.86. The Morgan fingerprint density at radius 3 is 2.52 bits per heavy atom. The van der Waals surface area contributed by atoms with Crippen LogP contribution in [-0.4, -0.2) is 28.2 Å². The number of benzene rings is 1. The van der Waals surface area contributed by atoms with E-state index in [1.54, 1.807) is 0 Å². The maximum atomic E-state index is 12.1. The standard InChI is InChI=1S/C17H20N2O2/c20-16-8-3-13(11-16)12-18-17(21)14-4-6-15(7-5-14)19-9-1-2-10-19/h1-2,4-7,9-10,13,16,20H,3,8,11-12H2,(H,18,21). The molecule has 0 bridgehead atoms. The molecule has 1 saturated carbocycles. The predicted molar refractivity (Wildman–Crippen MR) is 81.5 cm³/mol. The number of hydrogen-bond donors (Lipinski definition) is 2. The zero-order valence-corrected chi connectivity index (χ0v) is 11.9. The third kappa shape index (κ3) is 3.34. The molecule has 1 fully saturated rings. The minimum absolute atomic E-state index is 0.0459. The van der Waals surface area contributed by atoms with Crippen molar-refractivity contribution in [1.29, 1.82) is 0 Å². The van der Waals surface area contributed by atoms with Gasteiger partial charge in [-0.25, -0.2) is 0 Å². The molecule has 0 radical (unpaired) electrons. The molecule has 1 aromatic carbocycles. The summed E-state index contributed by atoms with van der Waals surface area (Å²) >= 11 is 0. The molecule has 4 heteroatoms. The summed E-state index contributed by atoms with van der Waals surface area (Å²) in [6.45, 7) is 0.648. The first-order valence-electron chi connectivity index (χ1n) is 7.42. The van der Waals surface area contributed by atoms with Gasteiger partial charge in [-0.2, -0.15) is 0 Å². The summed E-state index contributed by atoms with van der Waals surface area (Å²) in [5.41, 5.74) is 1.71. The summed E-state index contributed by atoms with van der Waals surface area (Å²) in [5, 5.41) is 12.4. The third-order valence-corrected chi connectivity index (χ3v) is 4.10. The Morgan fingerprint density at radius 2 is 1.90 bits per heavy atom. The van der Waals surface area contributed by atoms with E-state index in [9.17, 15) is 9.90 Å². The molecule has 2 atom stereocenters. The van der Waals surface area contributed by atoms with Crippen molar-refractivity contribution >= 4 is 5.91 Å². The average molecular weight is 284 g/mol. The zero-order chi connectivity index (χ0) is 14.7. The lowest BCUT2D eigenvalue weighted by Crippen LogP contribution is -2.28. The Morgan fingerprint density at radius 1 is 1.19 bits per heavy atom. The molecule has 2 aromatic rings. The Balaban J connectivity index is 1.57. The number of rotatable bonds is 4. The molecule has 1 heterocycles. The number of amides is 1. The molecule has 110 valence electrons. The van der Waals surface area contributed by atoms with Gasteiger partial charge in [0.25, 0.3) is 5.91 Å². The highest BCUT2D eigenvalue weighted by Crippen LogP contribution is 2.24. The Labute approximate surface area is 124 Å². The van der Waals surface area contributed by atoms with Crippen LogP contribution in [0.5, 0.6) is 0 Å². The summed E-state index contributed by atoms with van der Waals surface area (Å²) in [6, 6.07) is 11.5. The second kappa shape index (κ2) is 6.14. The van der Waals surface area contributed by atoms with Crippen LogP contribution >= 0.6 is 0 Å². The predicted octanol–water partition coefficient (Wildman–Crippen LogP) is 2.37. The summed E-state index contributed by atoms with van der Waals surface area (Å²) in [4.78, 5) is 12.1. The van der Waals surface area contributed by atoms with E-state index in [0.717, 1.165) is 24.9 Å². The number of hydrogen-bond acceptors (Lipinski definition) is 2. The zero-order valence-electron chi connectivity index (χ0n) is 11.9. The van der Waals surface area contributed by atoms with Gasteiger partial charge in [-0.3, -0.25) is 4.79 Å². The van der Waals surface area contributed by atoms with E-state index in [4.69, 9.17) is 0 Å². The van der Waals surface area contributed by atoms with Crippen molar-refractivity contribution < 1.29 is 9.90 Å². The van der Waals surface area contributed by atoms with Gasteiger partial charge in [0.05, 0.1) is 6.10 Å². The minimum atomic E-state index is -0.187. The van der Waals surface area contributed by atoms with Gasteiger partial charge in [-0.15, -0.1) is 0 Å². The highest BCUT2D eigenvalue weighted by atomic mass is 16.3. The van der Waals surface area contributed by atoms with Gasteiger partial charge < -0.3 is 15.0 Å². The number of aliphatic hydroxyl groups is 1. The van der Waals surface area contributed by atoms with Crippen LogP contribution in [0.2, 0.25) is 0 Å². The molecular weight excluding hydrogens is 264 g/mol. The first kappa shape index (κ1) is 13.9. The molecule has 4 nitrogen and oxygen atoms in total. The lowest BCUT2D eigenvalue weighted by molar-refractivity contribution is 0.0945. The van der Waals surface area contributed by atoms with Crippen LogP contribution in [0.1, 0.15) is 29.6 Å². The summed E-state index contributed by atoms with van der Waals surface area (Å²) < 4.78 is 2.00. The molecule has 3 rings (SSSR count). The van der Waals surface area contributed by atoms with Gasteiger partial charge >= 0.3 is 0 Å². The molecule has 2 N–H and O–H groups in total. The van der Waals surface area contributed by atoms with Crippen LogP contribution < -0.4 is 5.32 Å². The normalized spacial score (nSPS) is 21.4. The summed E-state index contributed by atoms with van der Waals surface area (Å²) in [6.07, 6.45) is 6.40. The molecule has 0 saturated heterocycles. The second-order valence-electron chi connectivity index (χ2n) is 5.68. The van der Waals surface area contributed by atoms with E-state index in [2.05, 4.69) is 5.32 Å². The molecule has 1 aliphatic rings. The van der Waals surface area contributed by atoms with E-state index < -0.39 is 0 Å². The van der Waals surface area contributed by atoms with Crippen LogP contribution in [0, 0.1) is 5.92 Å². The van der Waals surface area contributed by atoms with Gasteiger partial charge in [0, 0.05) is 30.2 Å². The van der Waals surface area contributed by atoms with E-state index in [1.807, 2.05) is 53.4 Å². The number of nitrogens with zero attached hydrogens (tertiary/aromatic N) is 1. The maximum Gasteiger partial charge on any atom is 0.251 e. The van der Waals surface area contributed by atoms with Gasteiger partial charge in [-0.1, -0.05) is 0 Å². The van der Waals surface area contributed by atoms with Crippen molar-refractivity contribution in [2.45, 2.75) is 25.4 Å². The Hall–Kier alpha value is -2.07. The molecule has 0 spiro atoms. The highest BCUT2D eigenvalue weighted by Gasteiger charge is 2.23. The lowest BCUT2D eigenvalue weighted by atomic mass is 10.1. The minimum Gasteiger partial charge on any atom is -0.393 e. The van der Waals surface area contributed by atoms with E-state index in [-0.39, 0.29) is 12.0 Å². The number of nitrogens with one attached hydrogen (secondary N) is 1. The molecular formula is C17H20N2O2. The van der Waals surface area contributed by atoms with Crippen molar-refractivity contribution in [3.8, 4) is 5.69 Å². The lowest BCUT2D eigenvalue weighted by Gasteiger charge is -2.11. The summed E-state index contributed by atoms with van der Waals surface area (Å²) in [7, 11) is 0. The van der Waals surface area contributed by atoms with E-state index >= 15 is 0 Å². The molecule has 21 heavy (non-hydrogen) atoms. The highest BCUT2D eigenvalue weighted by molar-refractivity contribution is 5.94. The van der Waals surface area contributed by atoms with Crippen molar-refractivity contribution in [1.82, 2.24) is 9.88 Å². The van der Waals surface area contributed by atoms with Crippen molar-refractivity contribution in [3.05, 3.63) is 54.4 Å². The number of aliphatic hydroxyl groups excluding tert-OH is 1. The molecule has 1 amide bonds. The fourth-order valence-corrected chi connectivity index (χ4v) is 2.86. The largest absolute Gasteiger partial charge is 0.393 e. The van der Waals surface area contributed by atoms with Crippen molar-refractivity contribution in [2.75, 3.05) is 6.54 Å². The topological polar surface area (TPSA) is 54.3 Å². The average Bonchev–Trinajstić information content (AvgIpc) is 3.16. The van der Waals surface area contributed by atoms with Gasteiger partial charge in [0.2, 0.25) is 0 Å². The monoisotopic (exact) mass is 284 g/mol. The first-order valence-corrected chi connectivity index (χ1v) is 7.42. The Kier molecular flexibility index (Phi) is 4.06. The molecule has 1 aliphatic carbocycles. The fraction of sp³-hybridized carbons (Fsp3) is 0.353. The smallest absolute Gasteiger partial charge is 0.251 e. The van der Waals surface area contributed by atoms with Gasteiger partial charge in [0.1, 0.15) is 0 Å². The van der Waals surface area contributed by atoms with Crippen molar-refractivity contribution in [3.63, 3.8) is 0 Å². The quantitative estimate of drug-likeness (QED) is 0.905.